The molecule has 0 saturated carbocycles. The molecule has 0 aliphatic rings. The quantitative estimate of drug-likeness (QED) is 0.801. The molecule has 0 unspecified atom stereocenters. The van der Waals surface area contributed by atoms with Gasteiger partial charge in [0.2, 0.25) is 10.0 Å². The van der Waals surface area contributed by atoms with Crippen LogP contribution in [0.25, 0.3) is 0 Å². The van der Waals surface area contributed by atoms with E-state index in [1.54, 1.807) is 6.07 Å². The summed E-state index contributed by atoms with van der Waals surface area (Å²) in [5.74, 6) is 0. The Balaban J connectivity index is 3.38. The monoisotopic (exact) mass is 325 g/mol. The van der Waals surface area contributed by atoms with Crippen LogP contribution >= 0.6 is 27.5 Å². The molecule has 0 aliphatic carbocycles. The molecule has 0 aromatic heterocycles. The molecular formula is C10H13BrClNO2S. The fourth-order valence-corrected chi connectivity index (χ4v) is 2.42. The largest absolute Gasteiger partial charge is 0.272 e. The second kappa shape index (κ2) is 4.94. The topological polar surface area (TPSA) is 37.4 Å². The predicted octanol–water partition coefficient (Wildman–Crippen LogP) is 2.94. The van der Waals surface area contributed by atoms with Crippen LogP contribution in [0.4, 0.5) is 5.69 Å². The third-order valence-electron chi connectivity index (χ3n) is 2.29. The highest BCUT2D eigenvalue weighted by Gasteiger charge is 2.17. The highest BCUT2D eigenvalue weighted by Crippen LogP contribution is 2.31. The number of rotatable bonds is 3. The van der Waals surface area contributed by atoms with Crippen LogP contribution in [0.5, 0.6) is 0 Å². The van der Waals surface area contributed by atoms with Crippen molar-refractivity contribution in [3.63, 3.8) is 0 Å². The molecule has 0 atom stereocenters. The van der Waals surface area contributed by atoms with E-state index in [9.17, 15) is 8.42 Å². The zero-order valence-electron chi connectivity index (χ0n) is 9.29. The van der Waals surface area contributed by atoms with Crippen LogP contribution in [0, 0.1) is 6.92 Å². The lowest BCUT2D eigenvalue weighted by Crippen LogP contribution is -2.25. The molecule has 6 heteroatoms. The summed E-state index contributed by atoms with van der Waals surface area (Å²) in [4.78, 5) is 0. The van der Waals surface area contributed by atoms with E-state index in [4.69, 9.17) is 11.6 Å². The van der Waals surface area contributed by atoms with Gasteiger partial charge in [0.05, 0.1) is 17.0 Å². The van der Waals surface area contributed by atoms with E-state index in [1.807, 2.05) is 13.0 Å². The fourth-order valence-electron chi connectivity index (χ4n) is 1.31. The first-order valence-corrected chi connectivity index (χ1v) is 7.91. The van der Waals surface area contributed by atoms with E-state index in [2.05, 4.69) is 15.9 Å². The summed E-state index contributed by atoms with van der Waals surface area (Å²) in [7, 11) is -1.79. The number of nitrogens with zero attached hydrogens (tertiary/aromatic N) is 1. The molecule has 0 saturated heterocycles. The minimum atomic E-state index is -3.29. The van der Waals surface area contributed by atoms with Crippen LogP contribution in [0.3, 0.4) is 0 Å². The Hall–Kier alpha value is -0.260. The summed E-state index contributed by atoms with van der Waals surface area (Å²) in [5, 5.41) is 1.13. The van der Waals surface area contributed by atoms with Gasteiger partial charge in [0.25, 0.3) is 0 Å². The van der Waals surface area contributed by atoms with Crippen molar-refractivity contribution in [2.45, 2.75) is 12.3 Å². The Morgan fingerprint density at radius 1 is 1.44 bits per heavy atom. The SMILES string of the molecule is Cc1cc(CBr)cc(N(C)S(C)(=O)=O)c1Cl. The lowest BCUT2D eigenvalue weighted by atomic mass is 10.1. The first-order chi connectivity index (χ1) is 7.27. The normalized spacial score (nSPS) is 11.6. The van der Waals surface area contributed by atoms with Gasteiger partial charge in [0.1, 0.15) is 0 Å². The van der Waals surface area contributed by atoms with Crippen molar-refractivity contribution < 1.29 is 8.42 Å². The zero-order chi connectivity index (χ0) is 12.5. The second-order valence-corrected chi connectivity index (χ2v) is 6.56. The molecule has 0 aliphatic heterocycles. The number of halogens is 2. The Labute approximate surface area is 110 Å². The molecule has 0 N–H and O–H groups in total. The summed E-state index contributed by atoms with van der Waals surface area (Å²) in [6.45, 7) is 1.86. The highest BCUT2D eigenvalue weighted by atomic mass is 79.9. The third-order valence-corrected chi connectivity index (χ3v) is 4.62. The number of sulfonamides is 1. The van der Waals surface area contributed by atoms with E-state index >= 15 is 0 Å². The van der Waals surface area contributed by atoms with Gasteiger partial charge in [-0.05, 0) is 24.1 Å². The fraction of sp³-hybridized carbons (Fsp3) is 0.400. The van der Waals surface area contributed by atoms with Gasteiger partial charge >= 0.3 is 0 Å². The maximum absolute atomic E-state index is 11.5. The van der Waals surface area contributed by atoms with E-state index in [1.165, 1.54) is 11.4 Å². The van der Waals surface area contributed by atoms with Crippen LogP contribution in [-0.2, 0) is 15.4 Å². The van der Waals surface area contributed by atoms with Gasteiger partial charge in [-0.15, -0.1) is 0 Å². The summed E-state index contributed by atoms with van der Waals surface area (Å²) in [5.41, 5.74) is 2.37. The summed E-state index contributed by atoms with van der Waals surface area (Å²) >= 11 is 9.44. The molecule has 16 heavy (non-hydrogen) atoms. The van der Waals surface area contributed by atoms with Crippen LogP contribution in [-0.4, -0.2) is 21.7 Å². The van der Waals surface area contributed by atoms with Crippen LogP contribution < -0.4 is 4.31 Å². The summed E-state index contributed by atoms with van der Waals surface area (Å²) in [6, 6.07) is 3.70. The van der Waals surface area contributed by atoms with Crippen molar-refractivity contribution in [2.24, 2.45) is 0 Å². The molecular weight excluding hydrogens is 314 g/mol. The predicted molar refractivity (Wildman–Crippen MR) is 72.1 cm³/mol. The Kier molecular flexibility index (Phi) is 4.26. The average molecular weight is 327 g/mol. The maximum atomic E-state index is 11.5. The molecule has 0 spiro atoms. The Morgan fingerprint density at radius 3 is 2.44 bits per heavy atom. The smallest absolute Gasteiger partial charge is 0.232 e. The Morgan fingerprint density at radius 2 is 2.00 bits per heavy atom. The number of hydrogen-bond donors (Lipinski definition) is 0. The minimum Gasteiger partial charge on any atom is -0.272 e. The molecule has 0 fully saturated rings. The minimum absolute atomic E-state index is 0.470. The van der Waals surface area contributed by atoms with Crippen LogP contribution in [0.15, 0.2) is 12.1 Å². The highest BCUT2D eigenvalue weighted by molar-refractivity contribution is 9.08. The number of anilines is 1. The number of aryl methyl sites for hydroxylation is 1. The Bertz CT molecular complexity index is 502. The van der Waals surface area contributed by atoms with E-state index < -0.39 is 10.0 Å². The average Bonchev–Trinajstić information content (AvgIpc) is 2.19. The van der Waals surface area contributed by atoms with Crippen molar-refractivity contribution in [1.82, 2.24) is 0 Å². The van der Waals surface area contributed by atoms with E-state index in [0.29, 0.717) is 16.0 Å². The molecule has 3 nitrogen and oxygen atoms in total. The standard InChI is InChI=1S/C10H13BrClNO2S/c1-7-4-8(6-11)5-9(10(7)12)13(2)16(3,14)15/h4-5H,6H2,1-3H3. The molecule has 0 amide bonds. The second-order valence-electron chi connectivity index (χ2n) is 3.61. The number of benzene rings is 1. The molecule has 1 aromatic rings. The van der Waals surface area contributed by atoms with Crippen molar-refractivity contribution in [1.29, 1.82) is 0 Å². The zero-order valence-corrected chi connectivity index (χ0v) is 12.4. The summed E-state index contributed by atoms with van der Waals surface area (Å²) in [6.07, 6.45) is 1.15. The molecule has 1 aromatic carbocycles. The van der Waals surface area contributed by atoms with Gasteiger partial charge in [0.15, 0.2) is 0 Å². The summed E-state index contributed by atoms with van der Waals surface area (Å²) < 4.78 is 24.1. The van der Waals surface area contributed by atoms with Gasteiger partial charge in [0, 0.05) is 12.4 Å². The van der Waals surface area contributed by atoms with Gasteiger partial charge in [-0.25, -0.2) is 8.42 Å². The van der Waals surface area contributed by atoms with Crippen molar-refractivity contribution in [3.8, 4) is 0 Å². The molecule has 0 radical (unpaired) electrons. The number of hydrogen-bond acceptors (Lipinski definition) is 2. The molecule has 90 valence electrons. The van der Waals surface area contributed by atoms with Crippen LogP contribution in [0.2, 0.25) is 5.02 Å². The molecule has 1 rings (SSSR count). The van der Waals surface area contributed by atoms with Gasteiger partial charge in [-0.1, -0.05) is 33.6 Å². The van der Waals surface area contributed by atoms with Gasteiger partial charge < -0.3 is 0 Å². The van der Waals surface area contributed by atoms with E-state index in [0.717, 1.165) is 17.4 Å². The van der Waals surface area contributed by atoms with Gasteiger partial charge in [-0.3, -0.25) is 4.31 Å². The van der Waals surface area contributed by atoms with E-state index in [-0.39, 0.29) is 0 Å². The first kappa shape index (κ1) is 13.8. The third kappa shape index (κ3) is 2.90. The van der Waals surface area contributed by atoms with Crippen molar-refractivity contribution >= 4 is 43.2 Å². The number of alkyl halides is 1. The lowest BCUT2D eigenvalue weighted by molar-refractivity contribution is 0.600. The molecule has 0 heterocycles. The van der Waals surface area contributed by atoms with Gasteiger partial charge in [-0.2, -0.15) is 0 Å². The van der Waals surface area contributed by atoms with Crippen molar-refractivity contribution in [2.75, 3.05) is 17.6 Å². The first-order valence-electron chi connectivity index (χ1n) is 4.56. The maximum Gasteiger partial charge on any atom is 0.232 e. The van der Waals surface area contributed by atoms with Crippen molar-refractivity contribution in [3.05, 3.63) is 28.3 Å². The van der Waals surface area contributed by atoms with Crippen LogP contribution in [0.1, 0.15) is 11.1 Å². The lowest BCUT2D eigenvalue weighted by Gasteiger charge is -2.20. The molecule has 0 bridgehead atoms.